The molecule has 1 saturated heterocycles. The molecule has 0 spiro atoms. The third-order valence-electron chi connectivity index (χ3n) is 4.49. The van der Waals surface area contributed by atoms with Gasteiger partial charge in [0.2, 0.25) is 0 Å². The Morgan fingerprint density at radius 2 is 2.00 bits per heavy atom. The van der Waals surface area contributed by atoms with Gasteiger partial charge in [0.15, 0.2) is 10.8 Å². The first-order valence-electron chi connectivity index (χ1n) is 8.31. The normalized spacial score (nSPS) is 15.6. The van der Waals surface area contributed by atoms with E-state index in [-0.39, 0.29) is 6.04 Å². The van der Waals surface area contributed by atoms with Gasteiger partial charge in [-0.3, -0.25) is 0 Å². The first kappa shape index (κ1) is 16.3. The minimum Gasteiger partial charge on any atom is -0.497 e. The molecule has 1 aliphatic rings. The Hall–Kier alpha value is -2.18. The summed E-state index contributed by atoms with van der Waals surface area (Å²) in [5.74, 6) is 2.27. The van der Waals surface area contributed by atoms with Crippen LogP contribution in [0, 0.1) is 6.92 Å². The molecule has 1 aliphatic heterocycles. The number of nitrogens with zero attached hydrogens (tertiary/aromatic N) is 4. The molecule has 0 atom stereocenters. The fraction of sp³-hybridized carbons (Fsp3) is 0.389. The van der Waals surface area contributed by atoms with Crippen LogP contribution in [0.4, 0.5) is 0 Å². The molecule has 6 nitrogen and oxygen atoms in total. The Labute approximate surface area is 150 Å². The van der Waals surface area contributed by atoms with Crippen LogP contribution in [0.3, 0.4) is 0 Å². The molecule has 130 valence electrons. The summed E-state index contributed by atoms with van der Waals surface area (Å²) >= 11 is 6.36. The summed E-state index contributed by atoms with van der Waals surface area (Å²) < 4.78 is 13.1. The molecule has 1 aromatic carbocycles. The zero-order chi connectivity index (χ0) is 17.4. The average molecular weight is 359 g/mol. The van der Waals surface area contributed by atoms with Crippen molar-refractivity contribution in [3.8, 4) is 17.1 Å². The van der Waals surface area contributed by atoms with E-state index in [1.54, 1.807) is 7.11 Å². The maximum Gasteiger partial charge on any atom is 0.165 e. The van der Waals surface area contributed by atoms with E-state index in [2.05, 4.69) is 14.5 Å². The van der Waals surface area contributed by atoms with Crippen LogP contribution in [0.1, 0.15) is 24.7 Å². The third-order valence-corrected chi connectivity index (χ3v) is 4.76. The van der Waals surface area contributed by atoms with Crippen LogP contribution in [0.15, 0.2) is 24.3 Å². The molecule has 7 heteroatoms. The minimum atomic E-state index is 0.269. The second-order valence-corrected chi connectivity index (χ2v) is 6.47. The van der Waals surface area contributed by atoms with Gasteiger partial charge < -0.3 is 14.0 Å². The number of imidazole rings is 1. The van der Waals surface area contributed by atoms with E-state index in [0.717, 1.165) is 48.8 Å². The number of aromatic nitrogens is 4. The van der Waals surface area contributed by atoms with E-state index in [0.29, 0.717) is 16.5 Å². The maximum absolute atomic E-state index is 6.36. The van der Waals surface area contributed by atoms with Crippen molar-refractivity contribution in [1.82, 2.24) is 19.5 Å². The van der Waals surface area contributed by atoms with E-state index in [1.807, 2.05) is 31.2 Å². The van der Waals surface area contributed by atoms with Crippen LogP contribution in [0.25, 0.3) is 22.6 Å². The molecule has 3 heterocycles. The number of rotatable bonds is 3. The van der Waals surface area contributed by atoms with Crippen LogP contribution < -0.4 is 4.74 Å². The van der Waals surface area contributed by atoms with Gasteiger partial charge in [-0.05, 0) is 31.9 Å². The van der Waals surface area contributed by atoms with Crippen molar-refractivity contribution in [3.63, 3.8) is 0 Å². The van der Waals surface area contributed by atoms with Crippen molar-refractivity contribution in [2.24, 2.45) is 0 Å². The highest BCUT2D eigenvalue weighted by atomic mass is 35.5. The number of hydrogen-bond donors (Lipinski definition) is 0. The van der Waals surface area contributed by atoms with Crippen molar-refractivity contribution in [2.45, 2.75) is 25.8 Å². The highest BCUT2D eigenvalue weighted by Crippen LogP contribution is 2.34. The molecule has 25 heavy (non-hydrogen) atoms. The Balaban J connectivity index is 1.97. The van der Waals surface area contributed by atoms with Gasteiger partial charge in [0.25, 0.3) is 0 Å². The smallest absolute Gasteiger partial charge is 0.165 e. The molecular formula is C18H19ClN4O2. The predicted molar refractivity (Wildman–Crippen MR) is 96.1 cm³/mol. The lowest BCUT2D eigenvalue weighted by molar-refractivity contribution is 0.0708. The maximum atomic E-state index is 6.36. The second-order valence-electron chi connectivity index (χ2n) is 6.11. The van der Waals surface area contributed by atoms with Crippen LogP contribution in [0.5, 0.6) is 5.75 Å². The Morgan fingerprint density at radius 1 is 1.20 bits per heavy atom. The summed E-state index contributed by atoms with van der Waals surface area (Å²) in [6, 6.07) is 8.15. The quantitative estimate of drug-likeness (QED) is 0.666. The van der Waals surface area contributed by atoms with Crippen molar-refractivity contribution >= 4 is 22.8 Å². The van der Waals surface area contributed by atoms with Gasteiger partial charge in [0, 0.05) is 24.8 Å². The van der Waals surface area contributed by atoms with Gasteiger partial charge in [-0.15, -0.1) is 0 Å². The zero-order valence-corrected chi connectivity index (χ0v) is 15.0. The van der Waals surface area contributed by atoms with Crippen LogP contribution >= 0.6 is 11.6 Å². The van der Waals surface area contributed by atoms with Gasteiger partial charge in [-0.2, -0.15) is 0 Å². The first-order valence-corrected chi connectivity index (χ1v) is 8.69. The van der Waals surface area contributed by atoms with Crippen molar-refractivity contribution in [3.05, 3.63) is 35.2 Å². The predicted octanol–water partition coefficient (Wildman–Crippen LogP) is 3.82. The number of fused-ring (bicyclic) bond motifs is 1. The van der Waals surface area contributed by atoms with Crippen LogP contribution in [-0.2, 0) is 4.74 Å². The van der Waals surface area contributed by atoms with Crippen LogP contribution in [0.2, 0.25) is 5.15 Å². The number of aryl methyl sites for hydroxylation is 1. The molecule has 0 N–H and O–H groups in total. The molecule has 0 bridgehead atoms. The summed E-state index contributed by atoms with van der Waals surface area (Å²) in [7, 11) is 1.66. The lowest BCUT2D eigenvalue weighted by atomic mass is 10.1. The van der Waals surface area contributed by atoms with Gasteiger partial charge in [-0.25, -0.2) is 15.0 Å². The Morgan fingerprint density at radius 3 is 2.76 bits per heavy atom. The van der Waals surface area contributed by atoms with Crippen molar-refractivity contribution in [1.29, 1.82) is 0 Å². The summed E-state index contributed by atoms with van der Waals surface area (Å²) in [5.41, 5.74) is 2.39. The lowest BCUT2D eigenvalue weighted by Crippen LogP contribution is -2.20. The third kappa shape index (κ3) is 2.96. The average Bonchev–Trinajstić information content (AvgIpc) is 3.02. The Bertz CT molecular complexity index is 919. The molecule has 0 radical (unpaired) electrons. The van der Waals surface area contributed by atoms with Gasteiger partial charge in [-0.1, -0.05) is 23.7 Å². The molecule has 4 rings (SSSR count). The largest absolute Gasteiger partial charge is 0.497 e. The molecule has 1 fully saturated rings. The van der Waals surface area contributed by atoms with E-state index < -0.39 is 0 Å². The van der Waals surface area contributed by atoms with Crippen LogP contribution in [-0.4, -0.2) is 39.8 Å². The topological polar surface area (TPSA) is 62.1 Å². The molecule has 0 amide bonds. The molecule has 2 aromatic heterocycles. The SMILES string of the molecule is COc1cccc(-c2nc3c(Cl)nc(C)nc3n2C2CCOCC2)c1. The highest BCUT2D eigenvalue weighted by Gasteiger charge is 2.25. The number of ether oxygens (including phenoxy) is 2. The number of benzene rings is 1. The summed E-state index contributed by atoms with van der Waals surface area (Å²) in [5, 5.41) is 0.387. The molecule has 0 aliphatic carbocycles. The molecular weight excluding hydrogens is 340 g/mol. The summed E-state index contributed by atoms with van der Waals surface area (Å²) in [4.78, 5) is 13.7. The zero-order valence-electron chi connectivity index (χ0n) is 14.2. The summed E-state index contributed by atoms with van der Waals surface area (Å²) in [6.45, 7) is 3.32. The lowest BCUT2D eigenvalue weighted by Gasteiger charge is -2.25. The summed E-state index contributed by atoms with van der Waals surface area (Å²) in [6.07, 6.45) is 1.84. The van der Waals surface area contributed by atoms with Crippen molar-refractivity contribution in [2.75, 3.05) is 20.3 Å². The monoisotopic (exact) mass is 358 g/mol. The standard InChI is InChI=1S/C18H19ClN4O2/c1-11-20-16(19)15-18(21-11)23(13-6-8-25-9-7-13)17(22-15)12-4-3-5-14(10-12)24-2/h3-5,10,13H,6-9H2,1-2H3. The van der Waals surface area contributed by atoms with Gasteiger partial charge in [0.1, 0.15) is 22.9 Å². The fourth-order valence-corrected chi connectivity index (χ4v) is 3.55. The minimum absolute atomic E-state index is 0.269. The van der Waals surface area contributed by atoms with Gasteiger partial charge >= 0.3 is 0 Å². The van der Waals surface area contributed by atoms with E-state index >= 15 is 0 Å². The van der Waals surface area contributed by atoms with E-state index in [4.69, 9.17) is 26.1 Å². The fourth-order valence-electron chi connectivity index (χ4n) is 3.30. The highest BCUT2D eigenvalue weighted by molar-refractivity contribution is 6.33. The van der Waals surface area contributed by atoms with E-state index in [9.17, 15) is 0 Å². The first-order chi connectivity index (χ1) is 12.2. The molecule has 3 aromatic rings. The number of methoxy groups -OCH3 is 1. The van der Waals surface area contributed by atoms with Crippen molar-refractivity contribution < 1.29 is 9.47 Å². The Kier molecular flexibility index (Phi) is 4.31. The molecule has 0 unspecified atom stereocenters. The second kappa shape index (κ2) is 6.61. The van der Waals surface area contributed by atoms with E-state index in [1.165, 1.54) is 0 Å². The number of halogens is 1. The number of hydrogen-bond acceptors (Lipinski definition) is 5. The van der Waals surface area contributed by atoms with Gasteiger partial charge in [0.05, 0.1) is 7.11 Å². The molecule has 0 saturated carbocycles.